The minimum Gasteiger partial charge on any atom is -0.488 e. The van der Waals surface area contributed by atoms with Gasteiger partial charge in [-0.2, -0.15) is 0 Å². The lowest BCUT2D eigenvalue weighted by molar-refractivity contribution is 0.0208. The third kappa shape index (κ3) is 3.17. The molecule has 1 aromatic heterocycles. The molecule has 1 aliphatic rings. The summed E-state index contributed by atoms with van der Waals surface area (Å²) in [5.41, 5.74) is 6.42. The van der Waals surface area contributed by atoms with E-state index in [9.17, 15) is 0 Å². The SMILES string of the molecule is COC1CCCC(Oc2cnccc2C(N)=S)C1. The minimum absolute atomic E-state index is 0.154. The van der Waals surface area contributed by atoms with Crippen LogP contribution in [0.1, 0.15) is 31.2 Å². The van der Waals surface area contributed by atoms with Gasteiger partial charge >= 0.3 is 0 Å². The molecule has 0 spiro atoms. The van der Waals surface area contributed by atoms with E-state index in [0.717, 1.165) is 31.2 Å². The Morgan fingerprint density at radius 3 is 2.94 bits per heavy atom. The van der Waals surface area contributed by atoms with E-state index in [1.807, 2.05) is 0 Å². The summed E-state index contributed by atoms with van der Waals surface area (Å²) in [5, 5.41) is 0. The molecule has 1 aliphatic carbocycles. The van der Waals surface area contributed by atoms with Gasteiger partial charge in [0.1, 0.15) is 16.8 Å². The summed E-state index contributed by atoms with van der Waals surface area (Å²) in [5.74, 6) is 0.673. The van der Waals surface area contributed by atoms with Gasteiger partial charge < -0.3 is 15.2 Å². The van der Waals surface area contributed by atoms with E-state index in [1.54, 1.807) is 25.6 Å². The zero-order valence-corrected chi connectivity index (χ0v) is 11.3. The highest BCUT2D eigenvalue weighted by atomic mass is 32.1. The summed E-state index contributed by atoms with van der Waals surface area (Å²) in [4.78, 5) is 4.40. The molecule has 4 nitrogen and oxygen atoms in total. The maximum Gasteiger partial charge on any atom is 0.148 e. The van der Waals surface area contributed by atoms with Crippen molar-refractivity contribution in [2.24, 2.45) is 5.73 Å². The molecule has 2 rings (SSSR count). The highest BCUT2D eigenvalue weighted by Gasteiger charge is 2.24. The third-order valence-corrected chi connectivity index (χ3v) is 3.47. The zero-order valence-electron chi connectivity index (χ0n) is 10.5. The molecule has 18 heavy (non-hydrogen) atoms. The zero-order chi connectivity index (χ0) is 13.0. The standard InChI is InChI=1S/C13H18N2O2S/c1-16-9-3-2-4-10(7-9)17-12-8-15-6-5-11(12)13(14)18/h5-6,8-10H,2-4,7H2,1H3,(H2,14,18). The van der Waals surface area contributed by atoms with Crippen LogP contribution in [0.2, 0.25) is 0 Å². The number of hydrogen-bond acceptors (Lipinski definition) is 4. The van der Waals surface area contributed by atoms with Crippen LogP contribution in [0.15, 0.2) is 18.5 Å². The van der Waals surface area contributed by atoms with Gasteiger partial charge in [0.15, 0.2) is 0 Å². The van der Waals surface area contributed by atoms with Crippen LogP contribution in [0, 0.1) is 0 Å². The number of aromatic nitrogens is 1. The molecular weight excluding hydrogens is 248 g/mol. The average molecular weight is 266 g/mol. The van der Waals surface area contributed by atoms with Gasteiger partial charge in [0.25, 0.3) is 0 Å². The van der Waals surface area contributed by atoms with Crippen LogP contribution in [0.5, 0.6) is 5.75 Å². The Labute approximate surface area is 112 Å². The van der Waals surface area contributed by atoms with Crippen molar-refractivity contribution >= 4 is 17.2 Å². The predicted molar refractivity (Wildman–Crippen MR) is 73.8 cm³/mol. The molecule has 1 saturated carbocycles. The maximum atomic E-state index is 5.97. The van der Waals surface area contributed by atoms with Crippen molar-refractivity contribution < 1.29 is 9.47 Å². The quantitative estimate of drug-likeness (QED) is 0.845. The summed E-state index contributed by atoms with van der Waals surface area (Å²) in [6.45, 7) is 0. The number of nitrogens with zero attached hydrogens (tertiary/aromatic N) is 1. The Morgan fingerprint density at radius 2 is 2.22 bits per heavy atom. The van der Waals surface area contributed by atoms with Gasteiger partial charge in [0.05, 0.1) is 17.9 Å². The van der Waals surface area contributed by atoms with E-state index in [4.69, 9.17) is 27.4 Å². The van der Waals surface area contributed by atoms with Gasteiger partial charge in [-0.15, -0.1) is 0 Å². The molecule has 0 aromatic carbocycles. The van der Waals surface area contributed by atoms with Crippen LogP contribution < -0.4 is 10.5 Å². The van der Waals surface area contributed by atoms with Gasteiger partial charge in [-0.1, -0.05) is 12.2 Å². The lowest BCUT2D eigenvalue weighted by Crippen LogP contribution is -2.30. The summed E-state index contributed by atoms with van der Waals surface area (Å²) in [6, 6.07) is 1.79. The molecule has 2 atom stereocenters. The Balaban J connectivity index is 2.07. The van der Waals surface area contributed by atoms with Crippen molar-refractivity contribution in [1.29, 1.82) is 0 Å². The Hall–Kier alpha value is -1.20. The van der Waals surface area contributed by atoms with Crippen molar-refractivity contribution in [1.82, 2.24) is 4.98 Å². The monoisotopic (exact) mass is 266 g/mol. The van der Waals surface area contributed by atoms with Crippen LogP contribution in [0.25, 0.3) is 0 Å². The smallest absolute Gasteiger partial charge is 0.148 e. The molecule has 2 unspecified atom stereocenters. The average Bonchev–Trinajstić information content (AvgIpc) is 2.39. The van der Waals surface area contributed by atoms with E-state index in [2.05, 4.69) is 4.98 Å². The van der Waals surface area contributed by atoms with E-state index in [0.29, 0.717) is 10.7 Å². The molecule has 1 heterocycles. The molecule has 1 fully saturated rings. The molecule has 2 N–H and O–H groups in total. The lowest BCUT2D eigenvalue weighted by Gasteiger charge is -2.29. The molecule has 98 valence electrons. The summed E-state index contributed by atoms with van der Waals surface area (Å²) in [7, 11) is 1.75. The first-order valence-electron chi connectivity index (χ1n) is 6.14. The topological polar surface area (TPSA) is 57.4 Å². The first kappa shape index (κ1) is 13.2. The van der Waals surface area contributed by atoms with Crippen molar-refractivity contribution in [3.63, 3.8) is 0 Å². The van der Waals surface area contributed by atoms with Crippen LogP contribution in [0.4, 0.5) is 0 Å². The van der Waals surface area contributed by atoms with Gasteiger partial charge in [-0.05, 0) is 25.3 Å². The Bertz CT molecular complexity index is 425. The third-order valence-electron chi connectivity index (χ3n) is 3.25. The molecule has 0 amide bonds. The largest absolute Gasteiger partial charge is 0.488 e. The Kier molecular flexibility index (Phi) is 4.49. The van der Waals surface area contributed by atoms with Crippen molar-refractivity contribution in [2.45, 2.75) is 37.9 Å². The summed E-state index contributed by atoms with van der Waals surface area (Å²) < 4.78 is 11.4. The molecular formula is C13H18N2O2S. The number of thiocarbonyl (C=S) groups is 1. The summed E-state index contributed by atoms with van der Waals surface area (Å²) in [6.07, 6.45) is 7.94. The van der Waals surface area contributed by atoms with Gasteiger partial charge in [-0.3, -0.25) is 4.98 Å². The molecule has 0 radical (unpaired) electrons. The van der Waals surface area contributed by atoms with Crippen molar-refractivity contribution in [3.05, 3.63) is 24.0 Å². The normalized spacial score (nSPS) is 23.6. The molecule has 1 aromatic rings. The van der Waals surface area contributed by atoms with Crippen molar-refractivity contribution in [3.8, 4) is 5.75 Å². The fourth-order valence-electron chi connectivity index (χ4n) is 2.28. The van der Waals surface area contributed by atoms with E-state index < -0.39 is 0 Å². The predicted octanol–water partition coefficient (Wildman–Crippen LogP) is 2.05. The van der Waals surface area contributed by atoms with Crippen LogP contribution in [-0.2, 0) is 4.74 Å². The van der Waals surface area contributed by atoms with Crippen LogP contribution >= 0.6 is 12.2 Å². The fourth-order valence-corrected chi connectivity index (χ4v) is 2.45. The number of ether oxygens (including phenoxy) is 2. The second-order valence-electron chi connectivity index (χ2n) is 4.50. The number of methoxy groups -OCH3 is 1. The minimum atomic E-state index is 0.154. The van der Waals surface area contributed by atoms with Crippen LogP contribution in [-0.4, -0.2) is 29.3 Å². The fraction of sp³-hybridized carbons (Fsp3) is 0.538. The first-order chi connectivity index (χ1) is 8.70. The van der Waals surface area contributed by atoms with Gasteiger partial charge in [0, 0.05) is 19.7 Å². The van der Waals surface area contributed by atoms with Crippen LogP contribution in [0.3, 0.4) is 0 Å². The molecule has 0 aliphatic heterocycles. The number of rotatable bonds is 4. The highest BCUT2D eigenvalue weighted by Crippen LogP contribution is 2.26. The lowest BCUT2D eigenvalue weighted by atomic mass is 9.95. The highest BCUT2D eigenvalue weighted by molar-refractivity contribution is 7.80. The van der Waals surface area contributed by atoms with Crippen molar-refractivity contribution in [2.75, 3.05) is 7.11 Å². The van der Waals surface area contributed by atoms with Gasteiger partial charge in [-0.25, -0.2) is 0 Å². The molecule has 5 heteroatoms. The number of nitrogens with two attached hydrogens (primary N) is 1. The van der Waals surface area contributed by atoms with E-state index in [1.165, 1.54) is 0 Å². The molecule has 0 bridgehead atoms. The Morgan fingerprint density at radius 1 is 1.44 bits per heavy atom. The van der Waals surface area contributed by atoms with E-state index in [-0.39, 0.29) is 12.2 Å². The number of pyridine rings is 1. The van der Waals surface area contributed by atoms with E-state index >= 15 is 0 Å². The second-order valence-corrected chi connectivity index (χ2v) is 4.94. The second kappa shape index (κ2) is 6.11. The molecule has 0 saturated heterocycles. The van der Waals surface area contributed by atoms with Gasteiger partial charge in [0.2, 0.25) is 0 Å². The first-order valence-corrected chi connectivity index (χ1v) is 6.54. The maximum absolute atomic E-state index is 5.97. The number of hydrogen-bond donors (Lipinski definition) is 1. The summed E-state index contributed by atoms with van der Waals surface area (Å²) >= 11 is 5.01.